The molecule has 3 rings (SSSR count). The molecule has 0 bridgehead atoms. The first-order valence-corrected chi connectivity index (χ1v) is 9.07. The Labute approximate surface area is 164 Å². The van der Waals surface area contributed by atoms with E-state index >= 15 is 0 Å². The molecule has 2 aromatic carbocycles. The number of guanidine groups is 1. The number of hydrogen-bond donors (Lipinski definition) is 3. The molecule has 0 aliphatic carbocycles. The number of nitrogens with zero attached hydrogens (tertiary/aromatic N) is 3. The quantitative estimate of drug-likeness (QED) is 0.437. The van der Waals surface area contributed by atoms with Crippen LogP contribution in [-0.4, -0.2) is 28.7 Å². The molecule has 28 heavy (non-hydrogen) atoms. The van der Waals surface area contributed by atoms with Gasteiger partial charge in [0.2, 0.25) is 5.91 Å². The first-order chi connectivity index (χ1) is 13.7. The summed E-state index contributed by atoms with van der Waals surface area (Å²) < 4.78 is 1.59. The maximum Gasteiger partial charge on any atom is 0.246 e. The van der Waals surface area contributed by atoms with E-state index in [1.807, 2.05) is 42.5 Å². The van der Waals surface area contributed by atoms with E-state index in [2.05, 4.69) is 38.2 Å². The number of rotatable bonds is 7. The van der Waals surface area contributed by atoms with Gasteiger partial charge in [-0.25, -0.2) is 0 Å². The zero-order valence-corrected chi connectivity index (χ0v) is 15.8. The summed E-state index contributed by atoms with van der Waals surface area (Å²) in [5, 5.41) is 13.5. The largest absolute Gasteiger partial charge is 0.352 e. The molecule has 1 amide bonds. The molecule has 1 aromatic heterocycles. The Kier molecular flexibility index (Phi) is 6.78. The van der Waals surface area contributed by atoms with E-state index in [-0.39, 0.29) is 12.5 Å². The normalized spacial score (nSPS) is 11.1. The van der Waals surface area contributed by atoms with Gasteiger partial charge < -0.3 is 16.0 Å². The first kappa shape index (κ1) is 19.2. The highest BCUT2D eigenvalue weighted by Crippen LogP contribution is 2.10. The summed E-state index contributed by atoms with van der Waals surface area (Å²) in [7, 11) is 1.74. The van der Waals surface area contributed by atoms with Gasteiger partial charge in [-0.2, -0.15) is 5.10 Å². The zero-order chi connectivity index (χ0) is 19.6. The van der Waals surface area contributed by atoms with Crippen molar-refractivity contribution in [2.75, 3.05) is 12.4 Å². The monoisotopic (exact) mass is 376 g/mol. The topological polar surface area (TPSA) is 83.3 Å². The van der Waals surface area contributed by atoms with Crippen molar-refractivity contribution in [3.63, 3.8) is 0 Å². The van der Waals surface area contributed by atoms with Gasteiger partial charge in [0.1, 0.15) is 6.54 Å². The molecule has 0 aliphatic rings. The number of aliphatic imine (C=N–C) groups is 1. The van der Waals surface area contributed by atoms with Crippen molar-refractivity contribution in [1.82, 2.24) is 20.4 Å². The van der Waals surface area contributed by atoms with E-state index in [1.165, 1.54) is 5.56 Å². The Morgan fingerprint density at radius 3 is 2.46 bits per heavy atom. The van der Waals surface area contributed by atoms with E-state index in [1.54, 1.807) is 30.2 Å². The molecule has 0 saturated heterocycles. The first-order valence-electron chi connectivity index (χ1n) is 9.07. The third kappa shape index (κ3) is 5.98. The molecular formula is C21H24N6O. The number of carbonyl (C=O) groups is 1. The van der Waals surface area contributed by atoms with Crippen LogP contribution in [-0.2, 0) is 24.4 Å². The number of hydrogen-bond acceptors (Lipinski definition) is 3. The Bertz CT molecular complexity index is 906. The van der Waals surface area contributed by atoms with Gasteiger partial charge >= 0.3 is 0 Å². The minimum absolute atomic E-state index is 0.117. The average Bonchev–Trinajstić information content (AvgIpc) is 3.22. The van der Waals surface area contributed by atoms with Crippen molar-refractivity contribution in [2.45, 2.75) is 19.6 Å². The van der Waals surface area contributed by atoms with Crippen molar-refractivity contribution in [3.05, 3.63) is 84.2 Å². The van der Waals surface area contributed by atoms with E-state index < -0.39 is 0 Å². The van der Waals surface area contributed by atoms with Gasteiger partial charge in [0.05, 0.1) is 0 Å². The fourth-order valence-electron chi connectivity index (χ4n) is 2.69. The molecule has 0 fully saturated rings. The summed E-state index contributed by atoms with van der Waals surface area (Å²) >= 11 is 0. The molecule has 1 heterocycles. The molecular weight excluding hydrogens is 352 g/mol. The summed E-state index contributed by atoms with van der Waals surface area (Å²) in [5.74, 6) is 0.603. The molecule has 7 heteroatoms. The van der Waals surface area contributed by atoms with E-state index in [0.717, 1.165) is 17.2 Å². The van der Waals surface area contributed by atoms with Crippen molar-refractivity contribution in [1.29, 1.82) is 0 Å². The predicted octanol–water partition coefficient (Wildman–Crippen LogP) is 2.39. The van der Waals surface area contributed by atoms with Gasteiger partial charge in [0.15, 0.2) is 5.96 Å². The molecule has 144 valence electrons. The minimum atomic E-state index is -0.117. The lowest BCUT2D eigenvalue weighted by molar-refractivity contribution is -0.116. The molecule has 0 unspecified atom stereocenters. The predicted molar refractivity (Wildman–Crippen MR) is 111 cm³/mol. The Morgan fingerprint density at radius 1 is 1.00 bits per heavy atom. The summed E-state index contributed by atoms with van der Waals surface area (Å²) in [6.45, 7) is 1.48. The maximum absolute atomic E-state index is 12.1. The molecule has 0 aliphatic heterocycles. The lowest BCUT2D eigenvalue weighted by atomic mass is 10.2. The summed E-state index contributed by atoms with van der Waals surface area (Å²) in [6.07, 6.45) is 3.41. The van der Waals surface area contributed by atoms with Crippen molar-refractivity contribution < 1.29 is 4.79 Å². The molecule has 0 spiro atoms. The number of nitrogens with one attached hydrogen (secondary N) is 3. The number of anilines is 1. The Hall–Kier alpha value is -3.61. The number of amides is 1. The van der Waals surface area contributed by atoms with Crippen LogP contribution in [0, 0.1) is 0 Å². The van der Waals surface area contributed by atoms with Gasteiger partial charge in [-0.05, 0) is 29.3 Å². The van der Waals surface area contributed by atoms with Gasteiger partial charge in [-0.15, -0.1) is 0 Å². The highest BCUT2D eigenvalue weighted by Gasteiger charge is 2.05. The van der Waals surface area contributed by atoms with Gasteiger partial charge in [-0.3, -0.25) is 14.5 Å². The Balaban J connectivity index is 1.49. The molecule has 0 radical (unpaired) electrons. The second-order valence-electron chi connectivity index (χ2n) is 6.22. The fraction of sp³-hybridized carbons (Fsp3) is 0.190. The van der Waals surface area contributed by atoms with Crippen molar-refractivity contribution in [3.8, 4) is 0 Å². The number of benzene rings is 2. The molecule has 0 saturated carbocycles. The molecule has 0 atom stereocenters. The maximum atomic E-state index is 12.1. The third-order valence-corrected chi connectivity index (χ3v) is 4.06. The van der Waals surface area contributed by atoms with Gasteiger partial charge in [-0.1, -0.05) is 42.5 Å². The van der Waals surface area contributed by atoms with Crippen LogP contribution in [0.25, 0.3) is 0 Å². The fourth-order valence-corrected chi connectivity index (χ4v) is 2.69. The lowest BCUT2D eigenvalue weighted by Gasteiger charge is -2.13. The second-order valence-corrected chi connectivity index (χ2v) is 6.22. The van der Waals surface area contributed by atoms with Crippen LogP contribution in [0.3, 0.4) is 0 Å². The van der Waals surface area contributed by atoms with Crippen LogP contribution in [0.5, 0.6) is 0 Å². The highest BCUT2D eigenvalue weighted by atomic mass is 16.2. The van der Waals surface area contributed by atoms with Crippen molar-refractivity contribution in [2.24, 2.45) is 4.99 Å². The highest BCUT2D eigenvalue weighted by molar-refractivity contribution is 5.90. The van der Waals surface area contributed by atoms with Crippen LogP contribution in [0.1, 0.15) is 11.1 Å². The van der Waals surface area contributed by atoms with E-state index in [0.29, 0.717) is 13.1 Å². The average molecular weight is 376 g/mol. The third-order valence-electron chi connectivity index (χ3n) is 4.06. The second kappa shape index (κ2) is 9.91. The van der Waals surface area contributed by atoms with Crippen LogP contribution < -0.4 is 16.0 Å². The molecule has 7 nitrogen and oxygen atoms in total. The molecule has 3 aromatic rings. The number of aromatic nitrogens is 2. The van der Waals surface area contributed by atoms with Crippen LogP contribution >= 0.6 is 0 Å². The number of carbonyl (C=O) groups excluding carboxylic acids is 1. The SMILES string of the molecule is CN=C(NCc1ccccc1)NCc1cccc(NC(=O)Cn2cccn2)c1. The standard InChI is InChI=1S/C21H24N6O/c1-22-21(23-14-17-7-3-2-4-8-17)24-15-18-9-5-10-19(13-18)26-20(28)16-27-12-6-11-25-27/h2-13H,14-16H2,1H3,(H,26,28)(H2,22,23,24). The lowest BCUT2D eigenvalue weighted by Crippen LogP contribution is -2.36. The van der Waals surface area contributed by atoms with Crippen molar-refractivity contribution >= 4 is 17.6 Å². The smallest absolute Gasteiger partial charge is 0.246 e. The van der Waals surface area contributed by atoms with E-state index in [9.17, 15) is 4.79 Å². The van der Waals surface area contributed by atoms with Crippen LogP contribution in [0.4, 0.5) is 5.69 Å². The van der Waals surface area contributed by atoms with Crippen LogP contribution in [0.2, 0.25) is 0 Å². The van der Waals surface area contributed by atoms with Crippen LogP contribution in [0.15, 0.2) is 78.0 Å². The molecule has 3 N–H and O–H groups in total. The summed E-state index contributed by atoms with van der Waals surface area (Å²) in [4.78, 5) is 16.4. The van der Waals surface area contributed by atoms with Gasteiger partial charge in [0.25, 0.3) is 0 Å². The minimum Gasteiger partial charge on any atom is -0.352 e. The summed E-state index contributed by atoms with van der Waals surface area (Å²) in [5.41, 5.74) is 2.98. The zero-order valence-electron chi connectivity index (χ0n) is 15.8. The Morgan fingerprint density at radius 2 is 1.75 bits per heavy atom. The van der Waals surface area contributed by atoms with Gasteiger partial charge in [0, 0.05) is 38.2 Å². The summed E-state index contributed by atoms with van der Waals surface area (Å²) in [6, 6.07) is 19.7. The van der Waals surface area contributed by atoms with E-state index in [4.69, 9.17) is 0 Å².